The van der Waals surface area contributed by atoms with Gasteiger partial charge in [-0.15, -0.1) is 11.8 Å². The molecule has 0 aromatic carbocycles. The summed E-state index contributed by atoms with van der Waals surface area (Å²) in [6.07, 6.45) is -1.89. The highest BCUT2D eigenvalue weighted by Crippen LogP contribution is 2.56. The molecule has 2 rings (SSSR count). The zero-order chi connectivity index (χ0) is 22.2. The normalized spacial score (nSPS) is 26.1. The smallest absolute Gasteiger partial charge is 0.389 e. The molecule has 4 atom stereocenters. The molecule has 0 aliphatic carbocycles. The third-order valence-electron chi connectivity index (χ3n) is 3.59. The van der Waals surface area contributed by atoms with Gasteiger partial charge in [-0.2, -0.15) is 4.98 Å². The van der Waals surface area contributed by atoms with Gasteiger partial charge >= 0.3 is 13.5 Å². The lowest BCUT2D eigenvalue weighted by molar-refractivity contribution is -0.00221. The Kier molecular flexibility index (Phi) is 7.24. The number of anilines is 1. The molecule has 0 saturated carbocycles. The highest BCUT2D eigenvalue weighted by atomic mass is 32.2. The molecule has 12 heteroatoms. The Morgan fingerprint density at radius 3 is 2.31 bits per heavy atom. The van der Waals surface area contributed by atoms with Gasteiger partial charge < -0.3 is 10.8 Å². The van der Waals surface area contributed by atoms with E-state index >= 15 is 0 Å². The first kappa shape index (κ1) is 24.3. The molecule has 1 aliphatic heterocycles. The van der Waals surface area contributed by atoms with Crippen LogP contribution in [0, 0.1) is 0 Å². The third kappa shape index (κ3) is 6.77. The van der Waals surface area contributed by atoms with E-state index in [9.17, 15) is 18.9 Å². The Morgan fingerprint density at radius 2 is 1.83 bits per heavy atom. The van der Waals surface area contributed by atoms with Crippen molar-refractivity contribution >= 4 is 25.4 Å². The van der Waals surface area contributed by atoms with Crippen LogP contribution in [0.4, 0.5) is 10.2 Å². The first-order valence-electron chi connectivity index (χ1n) is 9.09. The van der Waals surface area contributed by atoms with Crippen LogP contribution in [-0.2, 0) is 18.1 Å². The largest absolute Gasteiger partial charge is 0.475 e. The van der Waals surface area contributed by atoms with Crippen LogP contribution in [0.1, 0.15) is 46.9 Å². The van der Waals surface area contributed by atoms with Gasteiger partial charge in [0.15, 0.2) is 6.17 Å². The molecule has 0 unspecified atom stereocenters. The summed E-state index contributed by atoms with van der Waals surface area (Å²) in [6, 6.07) is 1.37. The number of thioether (sulfide) groups is 1. The molecule has 29 heavy (non-hydrogen) atoms. The zero-order valence-electron chi connectivity index (χ0n) is 17.4. The molecule has 1 fully saturated rings. The average Bonchev–Trinajstić information content (AvgIpc) is 2.77. The molecule has 0 amide bonds. The van der Waals surface area contributed by atoms with Crippen LogP contribution >= 0.6 is 19.6 Å². The number of aliphatic hydroxyl groups is 1. The van der Waals surface area contributed by atoms with E-state index in [4.69, 9.17) is 19.3 Å². The molecule has 9 nitrogen and oxygen atoms in total. The van der Waals surface area contributed by atoms with Crippen molar-refractivity contribution < 1.29 is 27.6 Å². The van der Waals surface area contributed by atoms with E-state index in [-0.39, 0.29) is 12.4 Å². The van der Waals surface area contributed by atoms with Crippen LogP contribution in [0.15, 0.2) is 17.1 Å². The molecular formula is C17H29FN3O6PS. The van der Waals surface area contributed by atoms with Crippen molar-refractivity contribution in [3.8, 4) is 0 Å². The Morgan fingerprint density at radius 1 is 1.28 bits per heavy atom. The molecular weight excluding hydrogens is 424 g/mol. The maximum atomic E-state index is 14.7. The first-order chi connectivity index (χ1) is 13.1. The van der Waals surface area contributed by atoms with Gasteiger partial charge in [-0.25, -0.2) is 13.8 Å². The lowest BCUT2D eigenvalue weighted by Crippen LogP contribution is -2.34. The maximum Gasteiger partial charge on any atom is 0.475 e. The summed E-state index contributed by atoms with van der Waals surface area (Å²) in [4.78, 5) is 15.6. The van der Waals surface area contributed by atoms with Crippen LogP contribution in [0.25, 0.3) is 0 Å². The number of nitrogen functional groups attached to an aromatic ring is 1. The topological polar surface area (TPSA) is 126 Å². The molecule has 1 aromatic heterocycles. The summed E-state index contributed by atoms with van der Waals surface area (Å²) in [5, 5.41) is 8.46. The molecule has 1 aromatic rings. The highest BCUT2D eigenvalue weighted by Gasteiger charge is 2.47. The number of phosphoric ester groups is 1. The number of rotatable bonds is 6. The summed E-state index contributed by atoms with van der Waals surface area (Å²) in [5.74, 6) is 0.0182. The van der Waals surface area contributed by atoms with E-state index in [0.717, 1.165) is 16.3 Å². The summed E-state index contributed by atoms with van der Waals surface area (Å²) in [5.41, 5.74) is 3.09. The quantitative estimate of drug-likeness (QED) is 0.625. The maximum absolute atomic E-state index is 14.7. The minimum absolute atomic E-state index is 0.0182. The van der Waals surface area contributed by atoms with Crippen LogP contribution in [0.3, 0.4) is 0 Å². The Hall–Kier alpha value is -0.970. The minimum Gasteiger partial charge on any atom is -0.389 e. The van der Waals surface area contributed by atoms with E-state index in [1.165, 1.54) is 12.3 Å². The van der Waals surface area contributed by atoms with Gasteiger partial charge in [0.05, 0.1) is 23.1 Å². The highest BCUT2D eigenvalue weighted by molar-refractivity contribution is 8.00. The number of aromatic nitrogens is 2. The van der Waals surface area contributed by atoms with Crippen molar-refractivity contribution in [1.29, 1.82) is 0 Å². The lowest BCUT2D eigenvalue weighted by Gasteiger charge is -2.31. The van der Waals surface area contributed by atoms with Crippen molar-refractivity contribution in [2.45, 2.75) is 75.6 Å². The van der Waals surface area contributed by atoms with Gasteiger partial charge in [-0.3, -0.25) is 18.1 Å². The van der Waals surface area contributed by atoms with Crippen LogP contribution in [0.2, 0.25) is 0 Å². The van der Waals surface area contributed by atoms with Crippen LogP contribution in [-0.4, -0.2) is 50.0 Å². The predicted molar refractivity (Wildman–Crippen MR) is 109 cm³/mol. The second-order valence-electron chi connectivity index (χ2n) is 8.69. The minimum atomic E-state index is -4.01. The van der Waals surface area contributed by atoms with E-state index in [1.807, 2.05) is 0 Å². The van der Waals surface area contributed by atoms with Gasteiger partial charge in [0.2, 0.25) is 0 Å². The van der Waals surface area contributed by atoms with Crippen LogP contribution in [0.5, 0.6) is 0 Å². The number of nitrogens with two attached hydrogens (primary N) is 1. The molecule has 0 bridgehead atoms. The average molecular weight is 453 g/mol. The van der Waals surface area contributed by atoms with Gasteiger partial charge in [0.1, 0.15) is 17.3 Å². The summed E-state index contributed by atoms with van der Waals surface area (Å²) in [6.45, 7) is 9.88. The predicted octanol–water partition coefficient (Wildman–Crippen LogP) is 2.89. The van der Waals surface area contributed by atoms with Crippen molar-refractivity contribution in [1.82, 2.24) is 9.55 Å². The molecule has 166 valence electrons. The van der Waals surface area contributed by atoms with E-state index in [2.05, 4.69) is 4.98 Å². The summed E-state index contributed by atoms with van der Waals surface area (Å²) >= 11 is 0.977. The first-order valence-corrected chi connectivity index (χ1v) is 11.5. The van der Waals surface area contributed by atoms with Gasteiger partial charge in [0, 0.05) is 6.20 Å². The summed E-state index contributed by atoms with van der Waals surface area (Å²) < 4.78 is 45.3. The number of hydrogen-bond donors (Lipinski definition) is 2. The van der Waals surface area contributed by atoms with Gasteiger partial charge in [-0.05, 0) is 47.6 Å². The van der Waals surface area contributed by atoms with Crippen LogP contribution < -0.4 is 11.4 Å². The van der Waals surface area contributed by atoms with Crippen molar-refractivity contribution in [3.05, 3.63) is 22.7 Å². The fraction of sp³-hybridized carbons (Fsp3) is 0.765. The fourth-order valence-electron chi connectivity index (χ4n) is 2.59. The second kappa shape index (κ2) is 8.64. The van der Waals surface area contributed by atoms with E-state index < -0.39 is 47.6 Å². The lowest BCUT2D eigenvalue weighted by atomic mass is 10.1. The van der Waals surface area contributed by atoms with E-state index in [1.54, 1.807) is 41.5 Å². The SMILES string of the molecule is CC(C)(C)OP(=O)(OC[C@H]1S[C@@H](n2ccc(N)nc2=O)[C@@H](F)[C@@H]1O)OC(C)(C)C. The molecule has 0 radical (unpaired) electrons. The Balaban J connectivity index is 2.15. The molecule has 3 N–H and O–H groups in total. The molecule has 0 spiro atoms. The molecule has 2 heterocycles. The monoisotopic (exact) mass is 453 g/mol. The van der Waals surface area contributed by atoms with Crippen molar-refractivity contribution in [2.24, 2.45) is 0 Å². The number of hydrogen-bond acceptors (Lipinski definition) is 9. The number of aliphatic hydroxyl groups excluding tert-OH is 1. The van der Waals surface area contributed by atoms with E-state index in [0.29, 0.717) is 0 Å². The Bertz CT molecular complexity index is 805. The van der Waals surface area contributed by atoms with Gasteiger partial charge in [0.25, 0.3) is 0 Å². The molecule has 1 saturated heterocycles. The number of halogens is 1. The van der Waals surface area contributed by atoms with Crippen molar-refractivity contribution in [3.63, 3.8) is 0 Å². The zero-order valence-corrected chi connectivity index (χ0v) is 19.1. The number of nitrogens with zero attached hydrogens (tertiary/aromatic N) is 2. The number of alkyl halides is 1. The second-order valence-corrected chi connectivity index (χ2v) is 11.6. The Labute approximate surface area is 173 Å². The van der Waals surface area contributed by atoms with Crippen molar-refractivity contribution in [2.75, 3.05) is 12.3 Å². The third-order valence-corrected chi connectivity index (χ3v) is 7.13. The fourth-order valence-corrected chi connectivity index (χ4v) is 5.94. The van der Waals surface area contributed by atoms with Gasteiger partial charge in [-0.1, -0.05) is 0 Å². The molecule has 1 aliphatic rings. The number of phosphoric acid groups is 1. The standard InChI is InChI=1S/C17H29FN3O6PS/c1-16(2,3)26-28(24,27-17(4,5)6)25-9-10-13(22)12(18)14(29-10)21-8-7-11(19)20-15(21)23/h7-8,10,12-14,22H,9H2,1-6H3,(H2,19,20,23)/t10-,12+,13-,14-/m1/s1. The summed E-state index contributed by atoms with van der Waals surface area (Å²) in [7, 11) is -4.01.